The van der Waals surface area contributed by atoms with E-state index < -0.39 is 0 Å². The first-order valence-electron chi connectivity index (χ1n) is 6.79. The van der Waals surface area contributed by atoms with Crippen LogP contribution in [0.15, 0.2) is 0 Å². The van der Waals surface area contributed by atoms with Gasteiger partial charge in [-0.1, -0.05) is 13.8 Å². The minimum atomic E-state index is -0.355. The predicted molar refractivity (Wildman–Crippen MR) is 71.9 cm³/mol. The lowest BCUT2D eigenvalue weighted by Crippen LogP contribution is -2.28. The number of nitrogens with zero attached hydrogens (tertiary/aromatic N) is 2. The third kappa shape index (κ3) is 3.29. The van der Waals surface area contributed by atoms with Crippen molar-refractivity contribution in [2.75, 3.05) is 13.7 Å². The molecule has 1 aliphatic heterocycles. The molecule has 5 nitrogen and oxygen atoms in total. The molecule has 104 valence electrons. The SMILES string of the molecule is COC(=O)c1nc(CCC(C)C)nc2c1CCNC2. The Bertz CT molecular complexity index is 472. The highest BCUT2D eigenvalue weighted by molar-refractivity contribution is 5.89. The third-order valence-electron chi connectivity index (χ3n) is 3.31. The van der Waals surface area contributed by atoms with Gasteiger partial charge >= 0.3 is 5.97 Å². The van der Waals surface area contributed by atoms with E-state index in [4.69, 9.17) is 4.74 Å². The molecule has 0 radical (unpaired) electrons. The highest BCUT2D eigenvalue weighted by Gasteiger charge is 2.22. The Morgan fingerprint density at radius 3 is 2.89 bits per heavy atom. The second kappa shape index (κ2) is 6.10. The predicted octanol–water partition coefficient (Wildman–Crippen LogP) is 1.50. The number of carbonyl (C=O) groups excluding carboxylic acids is 1. The molecule has 0 amide bonds. The minimum absolute atomic E-state index is 0.355. The maximum absolute atomic E-state index is 11.8. The first kappa shape index (κ1) is 13.9. The fourth-order valence-corrected chi connectivity index (χ4v) is 2.21. The molecule has 2 heterocycles. The molecular formula is C14H21N3O2. The lowest BCUT2D eigenvalue weighted by Gasteiger charge is -2.19. The van der Waals surface area contributed by atoms with Gasteiger partial charge < -0.3 is 10.1 Å². The van der Waals surface area contributed by atoms with Gasteiger partial charge in [0.25, 0.3) is 0 Å². The van der Waals surface area contributed by atoms with E-state index in [0.29, 0.717) is 18.2 Å². The number of nitrogens with one attached hydrogen (secondary N) is 1. The quantitative estimate of drug-likeness (QED) is 0.834. The van der Waals surface area contributed by atoms with E-state index in [1.807, 2.05) is 0 Å². The number of aryl methyl sites for hydroxylation is 1. The first-order chi connectivity index (χ1) is 9.11. The van der Waals surface area contributed by atoms with Crippen molar-refractivity contribution < 1.29 is 9.53 Å². The van der Waals surface area contributed by atoms with Crippen molar-refractivity contribution in [2.45, 2.75) is 39.7 Å². The summed E-state index contributed by atoms with van der Waals surface area (Å²) >= 11 is 0. The number of hydrogen-bond donors (Lipinski definition) is 1. The lowest BCUT2D eigenvalue weighted by atomic mass is 10.0. The van der Waals surface area contributed by atoms with Crippen LogP contribution in [0.4, 0.5) is 0 Å². The maximum atomic E-state index is 11.8. The van der Waals surface area contributed by atoms with Gasteiger partial charge in [-0.3, -0.25) is 0 Å². The van der Waals surface area contributed by atoms with E-state index in [9.17, 15) is 4.79 Å². The topological polar surface area (TPSA) is 64.1 Å². The summed E-state index contributed by atoms with van der Waals surface area (Å²) in [6.07, 6.45) is 2.60. The monoisotopic (exact) mass is 263 g/mol. The highest BCUT2D eigenvalue weighted by Crippen LogP contribution is 2.18. The van der Waals surface area contributed by atoms with Crippen molar-refractivity contribution in [3.8, 4) is 0 Å². The molecule has 0 bridgehead atoms. The molecule has 0 unspecified atom stereocenters. The largest absolute Gasteiger partial charge is 0.464 e. The van der Waals surface area contributed by atoms with E-state index in [-0.39, 0.29) is 5.97 Å². The van der Waals surface area contributed by atoms with Gasteiger partial charge in [-0.05, 0) is 25.3 Å². The zero-order chi connectivity index (χ0) is 13.8. The Morgan fingerprint density at radius 2 is 2.21 bits per heavy atom. The van der Waals surface area contributed by atoms with Crippen LogP contribution in [0.2, 0.25) is 0 Å². The molecule has 0 fully saturated rings. The fourth-order valence-electron chi connectivity index (χ4n) is 2.21. The van der Waals surface area contributed by atoms with Gasteiger partial charge in [0.2, 0.25) is 0 Å². The van der Waals surface area contributed by atoms with Crippen LogP contribution in [0.5, 0.6) is 0 Å². The van der Waals surface area contributed by atoms with Crippen LogP contribution in [0.3, 0.4) is 0 Å². The Labute approximate surface area is 113 Å². The number of hydrogen-bond acceptors (Lipinski definition) is 5. The summed E-state index contributed by atoms with van der Waals surface area (Å²) in [6, 6.07) is 0. The molecular weight excluding hydrogens is 242 g/mol. The van der Waals surface area contributed by atoms with Crippen molar-refractivity contribution >= 4 is 5.97 Å². The summed E-state index contributed by atoms with van der Waals surface area (Å²) in [5, 5.41) is 3.27. The number of esters is 1. The molecule has 0 saturated carbocycles. The average Bonchev–Trinajstić information content (AvgIpc) is 2.43. The molecule has 0 atom stereocenters. The summed E-state index contributed by atoms with van der Waals surface area (Å²) in [7, 11) is 1.39. The molecule has 0 aromatic carbocycles. The highest BCUT2D eigenvalue weighted by atomic mass is 16.5. The molecule has 1 aromatic heterocycles. The molecule has 2 rings (SSSR count). The van der Waals surface area contributed by atoms with Crippen LogP contribution in [0.25, 0.3) is 0 Å². The first-order valence-corrected chi connectivity index (χ1v) is 6.79. The minimum Gasteiger partial charge on any atom is -0.464 e. The van der Waals surface area contributed by atoms with Gasteiger partial charge in [-0.2, -0.15) is 0 Å². The van der Waals surface area contributed by atoms with Crippen molar-refractivity contribution in [3.05, 3.63) is 22.8 Å². The number of fused-ring (bicyclic) bond motifs is 1. The Morgan fingerprint density at radius 1 is 1.42 bits per heavy atom. The van der Waals surface area contributed by atoms with Crippen LogP contribution in [-0.2, 0) is 24.1 Å². The van der Waals surface area contributed by atoms with Crippen LogP contribution in [-0.4, -0.2) is 29.6 Å². The van der Waals surface area contributed by atoms with Crippen molar-refractivity contribution in [2.24, 2.45) is 5.92 Å². The van der Waals surface area contributed by atoms with Crippen molar-refractivity contribution in [1.82, 2.24) is 15.3 Å². The normalized spacial score (nSPS) is 14.3. The molecule has 0 aliphatic carbocycles. The number of carbonyl (C=O) groups is 1. The molecule has 0 spiro atoms. The zero-order valence-electron chi connectivity index (χ0n) is 11.8. The zero-order valence-corrected chi connectivity index (χ0v) is 11.8. The molecule has 19 heavy (non-hydrogen) atoms. The number of ether oxygens (including phenoxy) is 1. The van der Waals surface area contributed by atoms with E-state index >= 15 is 0 Å². The van der Waals surface area contributed by atoms with Crippen molar-refractivity contribution in [1.29, 1.82) is 0 Å². The number of aromatic nitrogens is 2. The summed E-state index contributed by atoms with van der Waals surface area (Å²) < 4.78 is 4.83. The third-order valence-corrected chi connectivity index (χ3v) is 3.31. The number of methoxy groups -OCH3 is 1. The van der Waals surface area contributed by atoms with Gasteiger partial charge in [0.15, 0.2) is 5.69 Å². The Kier molecular flexibility index (Phi) is 4.47. The Hall–Kier alpha value is -1.49. The van der Waals surface area contributed by atoms with E-state index in [1.54, 1.807) is 0 Å². The van der Waals surface area contributed by atoms with Crippen molar-refractivity contribution in [3.63, 3.8) is 0 Å². The van der Waals surface area contributed by atoms with E-state index in [0.717, 1.165) is 42.9 Å². The fraction of sp³-hybridized carbons (Fsp3) is 0.643. The summed E-state index contributed by atoms with van der Waals surface area (Å²) in [4.78, 5) is 20.8. The van der Waals surface area contributed by atoms with Gasteiger partial charge in [-0.15, -0.1) is 0 Å². The van der Waals surface area contributed by atoms with Gasteiger partial charge in [0, 0.05) is 18.5 Å². The molecule has 1 N–H and O–H groups in total. The molecule has 1 aromatic rings. The standard InChI is InChI=1S/C14H21N3O2/c1-9(2)4-5-12-16-11-8-15-7-6-10(11)13(17-12)14(18)19-3/h9,15H,4-8H2,1-3H3. The van der Waals surface area contributed by atoms with Crippen LogP contribution in [0, 0.1) is 5.92 Å². The lowest BCUT2D eigenvalue weighted by molar-refractivity contribution is 0.0591. The molecule has 1 aliphatic rings. The summed E-state index contributed by atoms with van der Waals surface area (Å²) in [6.45, 7) is 5.89. The van der Waals surface area contributed by atoms with Gasteiger partial charge in [-0.25, -0.2) is 14.8 Å². The number of rotatable bonds is 4. The van der Waals surface area contributed by atoms with E-state index in [1.165, 1.54) is 7.11 Å². The maximum Gasteiger partial charge on any atom is 0.357 e. The van der Waals surface area contributed by atoms with E-state index in [2.05, 4.69) is 29.1 Å². The Balaban J connectivity index is 2.33. The molecule has 0 saturated heterocycles. The van der Waals surface area contributed by atoms with Crippen LogP contribution in [0.1, 0.15) is 47.8 Å². The smallest absolute Gasteiger partial charge is 0.357 e. The second-order valence-corrected chi connectivity index (χ2v) is 5.26. The second-order valence-electron chi connectivity index (χ2n) is 5.26. The van der Waals surface area contributed by atoms with Gasteiger partial charge in [0.1, 0.15) is 5.82 Å². The molecule has 5 heteroatoms. The van der Waals surface area contributed by atoms with Crippen LogP contribution < -0.4 is 5.32 Å². The van der Waals surface area contributed by atoms with Gasteiger partial charge in [0.05, 0.1) is 12.8 Å². The van der Waals surface area contributed by atoms with Crippen LogP contribution >= 0.6 is 0 Å². The average molecular weight is 263 g/mol. The summed E-state index contributed by atoms with van der Waals surface area (Å²) in [5.41, 5.74) is 2.34. The summed E-state index contributed by atoms with van der Waals surface area (Å²) in [5.74, 6) is 0.988.